The van der Waals surface area contributed by atoms with Crippen molar-refractivity contribution in [2.75, 3.05) is 0 Å². The number of alkyl halides is 5. The van der Waals surface area contributed by atoms with Crippen LogP contribution in [0.25, 0.3) is 22.5 Å². The Balaban J connectivity index is 1.44. The van der Waals surface area contributed by atoms with Gasteiger partial charge in [-0.3, -0.25) is 15.2 Å². The molecule has 0 fully saturated rings. The second-order valence-corrected chi connectivity index (χ2v) is 10.6. The quantitative estimate of drug-likeness (QED) is 0.108. The lowest BCUT2D eigenvalue weighted by Crippen LogP contribution is -2.35. The van der Waals surface area contributed by atoms with Crippen molar-refractivity contribution in [3.63, 3.8) is 0 Å². The molecule has 0 atom stereocenters. The molecule has 3 aromatic carbocycles. The van der Waals surface area contributed by atoms with Crippen LogP contribution in [0.2, 0.25) is 0 Å². The summed E-state index contributed by atoms with van der Waals surface area (Å²) in [4.78, 5) is 34.0. The molecule has 0 aliphatic heterocycles. The van der Waals surface area contributed by atoms with Crippen LogP contribution in [0.3, 0.4) is 0 Å². The summed E-state index contributed by atoms with van der Waals surface area (Å²) in [6, 6.07) is 19.4. The summed E-state index contributed by atoms with van der Waals surface area (Å²) in [7, 11) is 0. The van der Waals surface area contributed by atoms with Crippen LogP contribution in [0.15, 0.2) is 72.8 Å². The van der Waals surface area contributed by atoms with Gasteiger partial charge in [-0.25, -0.2) is 14.6 Å². The average molecular weight is 688 g/mol. The molecule has 0 aliphatic carbocycles. The van der Waals surface area contributed by atoms with Gasteiger partial charge in [0.15, 0.2) is 11.4 Å². The summed E-state index contributed by atoms with van der Waals surface area (Å²) in [5, 5.41) is 39.1. The highest BCUT2D eigenvalue weighted by Crippen LogP contribution is 2.45. The number of carbonyl (C=O) groups excluding carboxylic acids is 1. The van der Waals surface area contributed by atoms with Crippen molar-refractivity contribution in [3.8, 4) is 22.5 Å². The second kappa shape index (κ2) is 14.0. The zero-order valence-corrected chi connectivity index (χ0v) is 25.3. The van der Waals surface area contributed by atoms with Crippen LogP contribution in [-0.2, 0) is 30.3 Å². The van der Waals surface area contributed by atoms with Crippen molar-refractivity contribution in [3.05, 3.63) is 107 Å². The predicted molar refractivity (Wildman–Crippen MR) is 157 cm³/mol. The van der Waals surface area contributed by atoms with Crippen LogP contribution in [0, 0.1) is 0 Å². The lowest BCUT2D eigenvalue weighted by molar-refractivity contribution is -0.497. The lowest BCUT2D eigenvalue weighted by atomic mass is 9.98. The first-order valence-corrected chi connectivity index (χ1v) is 14.4. The second-order valence-electron chi connectivity index (χ2n) is 10.6. The van der Waals surface area contributed by atoms with Crippen LogP contribution in [-0.4, -0.2) is 68.7 Å². The van der Waals surface area contributed by atoms with E-state index >= 15 is 0 Å². The Morgan fingerprint density at radius 2 is 1.57 bits per heavy atom. The topological polar surface area (TPSA) is 169 Å². The first-order valence-electron chi connectivity index (χ1n) is 14.4. The Bertz CT molecular complexity index is 1980. The van der Waals surface area contributed by atoms with E-state index in [-0.39, 0.29) is 36.8 Å². The van der Waals surface area contributed by atoms with Crippen LogP contribution < -0.4 is 0 Å². The van der Waals surface area contributed by atoms with Crippen LogP contribution in [0.4, 0.5) is 22.0 Å². The number of carboxylic acids is 1. The number of tetrazole rings is 1. The third kappa shape index (κ3) is 7.21. The minimum Gasteiger partial charge on any atom is -0.477 e. The number of halogens is 5. The number of aromatic nitrogens is 6. The van der Waals surface area contributed by atoms with E-state index in [1.807, 2.05) is 0 Å². The molecule has 49 heavy (non-hydrogen) atoms. The third-order valence-electron chi connectivity index (χ3n) is 7.33. The van der Waals surface area contributed by atoms with Crippen LogP contribution in [0.5, 0.6) is 0 Å². The number of carboxylic acid groups (broad SMARTS) is 1. The lowest BCUT2D eigenvalue weighted by Gasteiger charge is -2.18. The predicted octanol–water partition coefficient (Wildman–Crippen LogP) is 5.76. The molecule has 0 saturated heterocycles. The molecule has 0 spiro atoms. The number of carbonyl (C=O) groups is 2. The van der Waals surface area contributed by atoms with E-state index < -0.39 is 40.8 Å². The van der Waals surface area contributed by atoms with Crippen LogP contribution in [0.1, 0.15) is 56.8 Å². The number of aromatic carboxylic acids is 1. The number of imidazole rings is 1. The molecule has 3 N–H and O–H groups in total. The van der Waals surface area contributed by atoms with Gasteiger partial charge in [-0.15, -0.1) is 10.2 Å². The maximum Gasteiger partial charge on any atom is 0.459 e. The summed E-state index contributed by atoms with van der Waals surface area (Å²) in [6.45, 7) is 0.947. The first kappa shape index (κ1) is 34.9. The number of nitrogens with zero attached hydrogens (tertiary/aromatic N) is 7. The molecule has 2 aromatic heterocycles. The Hall–Kier alpha value is -5.43. The highest BCUT2D eigenvalue weighted by atomic mass is 19.4. The summed E-state index contributed by atoms with van der Waals surface area (Å²) in [5.74, 6) is -8.29. The fourth-order valence-corrected chi connectivity index (χ4v) is 5.05. The fraction of sp³-hybridized carbons (Fsp3) is 0.226. The number of aryl methyl sites for hydroxylation is 1. The van der Waals surface area contributed by atoms with E-state index in [1.165, 1.54) is 12.1 Å². The minimum absolute atomic E-state index is 0.0425. The molecule has 5 rings (SSSR count). The molecular weight excluding hydrogens is 661 g/mol. The molecule has 0 aliphatic rings. The van der Waals surface area contributed by atoms with E-state index in [1.54, 1.807) is 67.6 Å². The van der Waals surface area contributed by atoms with Gasteiger partial charge in [-0.05, 0) is 40.0 Å². The maximum atomic E-state index is 14.4. The molecule has 0 amide bonds. The molecule has 0 bridgehead atoms. The van der Waals surface area contributed by atoms with Gasteiger partial charge in [0.25, 0.3) is 5.91 Å². The highest BCUT2D eigenvalue weighted by Gasteiger charge is 2.62. The third-order valence-corrected chi connectivity index (χ3v) is 7.33. The van der Waals surface area contributed by atoms with Gasteiger partial charge in [0.2, 0.25) is 5.82 Å². The molecule has 0 radical (unpaired) electrons. The van der Waals surface area contributed by atoms with Crippen molar-refractivity contribution in [1.29, 1.82) is 0 Å². The van der Waals surface area contributed by atoms with E-state index in [0.29, 0.717) is 34.2 Å². The molecule has 18 heteroatoms. The minimum atomic E-state index is -6.05. The maximum absolute atomic E-state index is 14.4. The fourth-order valence-electron chi connectivity index (χ4n) is 5.05. The van der Waals surface area contributed by atoms with E-state index in [0.717, 1.165) is 9.36 Å². The highest BCUT2D eigenvalue weighted by molar-refractivity contribution is 5.96. The molecule has 256 valence electrons. The Labute approximate surface area is 273 Å². The van der Waals surface area contributed by atoms with Gasteiger partial charge >= 0.3 is 18.1 Å². The Morgan fingerprint density at radius 3 is 2.20 bits per heavy atom. The molecule has 2 heterocycles. The SMILES string of the molecule is CCCc1nc(C(F)(F)C(F)(F)F)c(C(=O)O)n1Cc1ccc(-c2ccccc2-c2nnn(C(=O)c3ccccc3CON(O)O)n2)cc1. The smallest absolute Gasteiger partial charge is 0.459 e. The van der Waals surface area contributed by atoms with Gasteiger partial charge in [0, 0.05) is 24.1 Å². The largest absolute Gasteiger partial charge is 0.477 e. The normalized spacial score (nSPS) is 12.1. The number of hydrogen-bond donors (Lipinski definition) is 3. The van der Waals surface area contributed by atoms with Crippen molar-refractivity contribution in [2.45, 2.75) is 45.0 Å². The zero-order valence-electron chi connectivity index (χ0n) is 25.3. The summed E-state index contributed by atoms with van der Waals surface area (Å²) in [5.41, 5.74) is -0.646. The van der Waals surface area contributed by atoms with Crippen molar-refractivity contribution in [2.24, 2.45) is 0 Å². The number of benzene rings is 3. The van der Waals surface area contributed by atoms with E-state index in [2.05, 4.69) is 25.2 Å². The number of rotatable bonds is 12. The first-order chi connectivity index (χ1) is 23.2. The van der Waals surface area contributed by atoms with Crippen molar-refractivity contribution in [1.82, 2.24) is 35.1 Å². The average Bonchev–Trinajstić information content (AvgIpc) is 3.70. The molecule has 13 nitrogen and oxygen atoms in total. The van der Waals surface area contributed by atoms with Gasteiger partial charge in [0.1, 0.15) is 5.82 Å². The van der Waals surface area contributed by atoms with Gasteiger partial charge in [0.05, 0.1) is 12.0 Å². The molecule has 0 unspecified atom stereocenters. The monoisotopic (exact) mass is 687 g/mol. The van der Waals surface area contributed by atoms with E-state index in [4.69, 9.17) is 10.4 Å². The van der Waals surface area contributed by atoms with Crippen molar-refractivity contribution >= 4 is 11.9 Å². The standard InChI is InChI=1S/C31H26F5N7O6/c1-2-7-24-37-26(30(32,33)31(34,35)36)25(29(45)46)41(24)16-18-12-14-19(15-13-18)21-9-5-6-11-23(21)27-38-40-42(39-27)28(44)22-10-4-3-8-20(22)17-49-43(47)48/h3-6,8-15,47-48H,2,7,16-17H2,1H3,(H,45,46). The molecular formula is C31H26F5N7O6. The molecule has 5 aromatic rings. The summed E-state index contributed by atoms with van der Waals surface area (Å²) < 4.78 is 69.2. The summed E-state index contributed by atoms with van der Waals surface area (Å²) in [6.07, 6.45) is -5.79. The van der Waals surface area contributed by atoms with Gasteiger partial charge in [-0.2, -0.15) is 22.0 Å². The molecule has 0 saturated carbocycles. The Morgan fingerprint density at radius 1 is 0.918 bits per heavy atom. The van der Waals surface area contributed by atoms with E-state index in [9.17, 15) is 36.6 Å². The number of hydrogen-bond acceptors (Lipinski definition) is 10. The Kier molecular flexibility index (Phi) is 9.95. The van der Waals surface area contributed by atoms with Crippen molar-refractivity contribution < 1.29 is 51.9 Å². The van der Waals surface area contributed by atoms with Gasteiger partial charge < -0.3 is 9.67 Å². The van der Waals surface area contributed by atoms with Crippen LogP contribution >= 0.6 is 0 Å². The van der Waals surface area contributed by atoms with Gasteiger partial charge in [-0.1, -0.05) is 78.5 Å². The zero-order chi connectivity index (χ0) is 35.5. The summed E-state index contributed by atoms with van der Waals surface area (Å²) >= 11 is 0.